The minimum Gasteiger partial charge on any atom is -0.396 e. The molecule has 0 aliphatic carbocycles. The monoisotopic (exact) mass is 520 g/mol. The van der Waals surface area contributed by atoms with Crippen molar-refractivity contribution in [1.29, 1.82) is 0 Å². The SMILES string of the molecule is CCNC(=NCC(CC)(CC)CCO)NC1CCN(c2cccc(F)c2)CC1.I. The molecule has 1 aromatic rings. The standard InChI is InChI=1S/C22H37FN4O.HI/c1-4-22(5-2,12-15-28)17-25-21(24-6-3)26-19-10-13-27(14-11-19)20-9-7-8-18(23)16-20;/h7-9,16,19,28H,4-6,10-15,17H2,1-3H3,(H2,24,25,26);1H. The summed E-state index contributed by atoms with van der Waals surface area (Å²) in [6.07, 6.45) is 4.79. The molecule has 0 unspecified atom stereocenters. The number of halogens is 2. The minimum absolute atomic E-state index is 0. The first-order valence-electron chi connectivity index (χ1n) is 10.7. The van der Waals surface area contributed by atoms with E-state index in [1.54, 1.807) is 12.1 Å². The fourth-order valence-corrected chi connectivity index (χ4v) is 3.86. The normalized spacial score (nSPS) is 15.8. The van der Waals surface area contributed by atoms with Crippen molar-refractivity contribution in [2.24, 2.45) is 10.4 Å². The Hall–Kier alpha value is -1.09. The summed E-state index contributed by atoms with van der Waals surface area (Å²) in [6, 6.07) is 7.19. The lowest BCUT2D eigenvalue weighted by molar-refractivity contribution is 0.175. The van der Waals surface area contributed by atoms with Gasteiger partial charge in [0.1, 0.15) is 5.82 Å². The van der Waals surface area contributed by atoms with Crippen LogP contribution in [-0.2, 0) is 0 Å². The van der Waals surface area contributed by atoms with Crippen LogP contribution in [0.3, 0.4) is 0 Å². The number of aliphatic hydroxyl groups is 1. The zero-order valence-electron chi connectivity index (χ0n) is 18.1. The molecule has 0 bridgehead atoms. The largest absolute Gasteiger partial charge is 0.396 e. The van der Waals surface area contributed by atoms with Gasteiger partial charge in [0.15, 0.2) is 5.96 Å². The number of hydrogen-bond acceptors (Lipinski definition) is 3. The zero-order valence-corrected chi connectivity index (χ0v) is 20.4. The zero-order chi connectivity index (χ0) is 20.4. The van der Waals surface area contributed by atoms with Crippen molar-refractivity contribution < 1.29 is 9.50 Å². The van der Waals surface area contributed by atoms with E-state index in [1.807, 2.05) is 6.07 Å². The Balaban J connectivity index is 0.00000420. The number of nitrogens with one attached hydrogen (secondary N) is 2. The molecule has 29 heavy (non-hydrogen) atoms. The molecular formula is C22H38FIN4O. The summed E-state index contributed by atoms with van der Waals surface area (Å²) in [5.41, 5.74) is 1.02. The Morgan fingerprint density at radius 3 is 2.48 bits per heavy atom. The number of aliphatic imine (C=N–C) groups is 1. The number of rotatable bonds is 9. The summed E-state index contributed by atoms with van der Waals surface area (Å²) >= 11 is 0. The molecule has 7 heteroatoms. The molecule has 0 aromatic heterocycles. The van der Waals surface area contributed by atoms with Crippen molar-refractivity contribution in [2.75, 3.05) is 37.7 Å². The molecule has 3 N–H and O–H groups in total. The van der Waals surface area contributed by atoms with Crippen LogP contribution in [0.1, 0.15) is 52.9 Å². The van der Waals surface area contributed by atoms with Crippen LogP contribution in [0.4, 0.5) is 10.1 Å². The van der Waals surface area contributed by atoms with Crippen LogP contribution in [0.25, 0.3) is 0 Å². The van der Waals surface area contributed by atoms with Crippen LogP contribution in [0.5, 0.6) is 0 Å². The Kier molecular flexibility index (Phi) is 11.9. The lowest BCUT2D eigenvalue weighted by Crippen LogP contribution is -2.49. The van der Waals surface area contributed by atoms with Gasteiger partial charge in [-0.05, 0) is 62.6 Å². The van der Waals surface area contributed by atoms with E-state index in [0.29, 0.717) is 6.04 Å². The van der Waals surface area contributed by atoms with Crippen LogP contribution in [0.2, 0.25) is 0 Å². The maximum absolute atomic E-state index is 13.5. The smallest absolute Gasteiger partial charge is 0.191 e. The van der Waals surface area contributed by atoms with E-state index in [0.717, 1.165) is 69.9 Å². The van der Waals surface area contributed by atoms with Gasteiger partial charge < -0.3 is 20.6 Å². The van der Waals surface area contributed by atoms with E-state index >= 15 is 0 Å². The van der Waals surface area contributed by atoms with Gasteiger partial charge in [0.05, 0.1) is 0 Å². The van der Waals surface area contributed by atoms with E-state index in [9.17, 15) is 9.50 Å². The van der Waals surface area contributed by atoms with E-state index < -0.39 is 0 Å². The number of benzene rings is 1. The van der Waals surface area contributed by atoms with Crippen LogP contribution >= 0.6 is 24.0 Å². The average molecular weight is 520 g/mol. The van der Waals surface area contributed by atoms with E-state index in [-0.39, 0.29) is 41.8 Å². The van der Waals surface area contributed by atoms with E-state index in [1.165, 1.54) is 6.07 Å². The number of aliphatic hydroxyl groups excluding tert-OH is 1. The predicted molar refractivity (Wildman–Crippen MR) is 131 cm³/mol. The maximum Gasteiger partial charge on any atom is 0.191 e. The summed E-state index contributed by atoms with van der Waals surface area (Å²) in [5, 5.41) is 16.4. The molecule has 1 saturated heterocycles. The van der Waals surface area contributed by atoms with Crippen molar-refractivity contribution in [1.82, 2.24) is 10.6 Å². The predicted octanol–water partition coefficient (Wildman–Crippen LogP) is 4.16. The lowest BCUT2D eigenvalue weighted by atomic mass is 9.79. The summed E-state index contributed by atoms with van der Waals surface area (Å²) < 4.78 is 13.5. The summed E-state index contributed by atoms with van der Waals surface area (Å²) in [4.78, 5) is 7.09. The molecule has 1 aromatic carbocycles. The van der Waals surface area contributed by atoms with Gasteiger partial charge >= 0.3 is 0 Å². The Morgan fingerprint density at radius 2 is 1.93 bits per heavy atom. The molecule has 2 rings (SSSR count). The molecule has 1 fully saturated rings. The van der Waals surface area contributed by atoms with Gasteiger partial charge in [-0.1, -0.05) is 19.9 Å². The van der Waals surface area contributed by atoms with Gasteiger partial charge in [-0.25, -0.2) is 4.39 Å². The molecule has 166 valence electrons. The molecule has 0 atom stereocenters. The number of nitrogens with zero attached hydrogens (tertiary/aromatic N) is 2. The molecule has 0 amide bonds. The van der Waals surface area contributed by atoms with Crippen molar-refractivity contribution in [3.8, 4) is 0 Å². The quantitative estimate of drug-likeness (QED) is 0.260. The topological polar surface area (TPSA) is 59.9 Å². The van der Waals surface area contributed by atoms with Crippen molar-refractivity contribution in [3.05, 3.63) is 30.1 Å². The minimum atomic E-state index is -0.183. The van der Waals surface area contributed by atoms with Gasteiger partial charge in [0.2, 0.25) is 0 Å². The second kappa shape index (κ2) is 13.3. The highest BCUT2D eigenvalue weighted by molar-refractivity contribution is 14.0. The second-order valence-corrected chi connectivity index (χ2v) is 7.76. The number of anilines is 1. The van der Waals surface area contributed by atoms with E-state index in [4.69, 9.17) is 4.99 Å². The summed E-state index contributed by atoms with van der Waals surface area (Å²) in [6.45, 7) is 9.98. The van der Waals surface area contributed by atoms with Gasteiger partial charge in [-0.2, -0.15) is 0 Å². The van der Waals surface area contributed by atoms with Gasteiger partial charge in [-0.15, -0.1) is 24.0 Å². The van der Waals surface area contributed by atoms with Crippen molar-refractivity contribution >= 4 is 35.6 Å². The highest BCUT2D eigenvalue weighted by Gasteiger charge is 2.26. The summed E-state index contributed by atoms with van der Waals surface area (Å²) in [7, 11) is 0. The van der Waals surface area contributed by atoms with Crippen LogP contribution in [0, 0.1) is 11.2 Å². The first-order chi connectivity index (χ1) is 13.6. The third kappa shape index (κ3) is 7.92. The fraction of sp³-hybridized carbons (Fsp3) is 0.682. The van der Waals surface area contributed by atoms with Crippen molar-refractivity contribution in [2.45, 2.75) is 58.9 Å². The van der Waals surface area contributed by atoms with Gasteiger partial charge in [-0.3, -0.25) is 4.99 Å². The fourth-order valence-electron chi connectivity index (χ4n) is 3.86. The Labute approximate surface area is 192 Å². The van der Waals surface area contributed by atoms with Gasteiger partial charge in [0, 0.05) is 44.5 Å². The third-order valence-corrected chi connectivity index (χ3v) is 6.07. The summed E-state index contributed by atoms with van der Waals surface area (Å²) in [5.74, 6) is 0.674. The molecule has 0 saturated carbocycles. The average Bonchev–Trinajstić information content (AvgIpc) is 2.72. The number of hydrogen-bond donors (Lipinski definition) is 3. The molecule has 1 aliphatic heterocycles. The highest BCUT2D eigenvalue weighted by atomic mass is 127. The molecule has 0 radical (unpaired) electrons. The molecule has 5 nitrogen and oxygen atoms in total. The van der Waals surface area contributed by atoms with Gasteiger partial charge in [0.25, 0.3) is 0 Å². The number of guanidine groups is 1. The maximum atomic E-state index is 13.5. The Morgan fingerprint density at radius 1 is 1.24 bits per heavy atom. The van der Waals surface area contributed by atoms with E-state index in [2.05, 4.69) is 36.3 Å². The molecule has 0 spiro atoms. The number of piperidine rings is 1. The second-order valence-electron chi connectivity index (χ2n) is 7.76. The van der Waals surface area contributed by atoms with Crippen LogP contribution in [0.15, 0.2) is 29.3 Å². The molecule has 1 heterocycles. The van der Waals surface area contributed by atoms with Crippen molar-refractivity contribution in [3.63, 3.8) is 0 Å². The lowest BCUT2D eigenvalue weighted by Gasteiger charge is -2.35. The molecular weight excluding hydrogens is 482 g/mol. The van der Waals surface area contributed by atoms with Crippen LogP contribution in [-0.4, -0.2) is 49.9 Å². The molecule has 1 aliphatic rings. The van der Waals surface area contributed by atoms with Crippen LogP contribution < -0.4 is 15.5 Å². The third-order valence-electron chi connectivity index (χ3n) is 6.07. The highest BCUT2D eigenvalue weighted by Crippen LogP contribution is 2.30. The first kappa shape index (κ1) is 25.9. The Bertz CT molecular complexity index is 617. The first-order valence-corrected chi connectivity index (χ1v) is 10.7.